The number of fused-ring (bicyclic) bond motifs is 2. The molecule has 0 bridgehead atoms. The van der Waals surface area contributed by atoms with Crippen LogP contribution in [0.3, 0.4) is 0 Å². The summed E-state index contributed by atoms with van der Waals surface area (Å²) in [5, 5.41) is 24.4. The average Bonchev–Trinajstić information content (AvgIpc) is 3.42. The fraction of sp³-hybridized carbons (Fsp3) is 0.333. The van der Waals surface area contributed by atoms with Crippen molar-refractivity contribution in [3.8, 4) is 5.69 Å². The molecule has 4 N–H and O–H groups in total. The number of benzene rings is 1. The van der Waals surface area contributed by atoms with Crippen molar-refractivity contribution in [1.82, 2.24) is 34.7 Å². The van der Waals surface area contributed by atoms with Crippen LogP contribution in [-0.2, 0) is 7.05 Å². The Morgan fingerprint density at radius 1 is 1.28 bits per heavy atom. The van der Waals surface area contributed by atoms with Crippen molar-refractivity contribution in [2.45, 2.75) is 31.7 Å². The smallest absolute Gasteiger partial charge is 0.402 e. The molecule has 1 aromatic carbocycles. The van der Waals surface area contributed by atoms with Gasteiger partial charge in [-0.05, 0) is 31.0 Å². The summed E-state index contributed by atoms with van der Waals surface area (Å²) in [4.78, 5) is 17.8. The minimum atomic E-state index is -1.33. The van der Waals surface area contributed by atoms with Crippen molar-refractivity contribution in [2.75, 3.05) is 5.32 Å². The highest BCUT2D eigenvalue weighted by Gasteiger charge is 2.17. The van der Waals surface area contributed by atoms with Crippen LogP contribution < -0.4 is 11.1 Å². The number of hydrogen-bond donors (Lipinski definition) is 3. The number of aryl methyl sites for hydroxylation is 1. The maximum atomic E-state index is 8.78. The van der Waals surface area contributed by atoms with Crippen LogP contribution in [0.1, 0.15) is 25.7 Å². The first kappa shape index (κ1) is 18.6. The topological polar surface area (TPSA) is 150 Å². The van der Waals surface area contributed by atoms with Crippen LogP contribution in [-0.4, -0.2) is 52.0 Å². The molecule has 0 saturated heterocycles. The summed E-state index contributed by atoms with van der Waals surface area (Å²) in [7, 11) is 1.93. The van der Waals surface area contributed by atoms with Crippen molar-refractivity contribution in [1.29, 1.82) is 0 Å². The summed E-state index contributed by atoms with van der Waals surface area (Å²) >= 11 is 0. The van der Waals surface area contributed by atoms with Crippen LogP contribution in [0, 0.1) is 0 Å². The summed E-state index contributed by atoms with van der Waals surface area (Å²) in [6.45, 7) is 0. The Labute approximate surface area is 165 Å². The number of carboxylic acid groups (broad SMARTS) is 1. The standard InChI is InChI=1S/C17H18N8.CH3NO2/c1-24-15-7-6-13(8-11(15)9-19-24)25-16-14(22-23-25)10-18-17(21-16)20-12-4-2-3-5-12;2-1(3)4/h6-10,12H,2-5H2,1H3,(H,18,20,21);2H2,(H,3,4). The van der Waals surface area contributed by atoms with E-state index in [1.54, 1.807) is 10.9 Å². The van der Waals surface area contributed by atoms with Crippen LogP contribution in [0.15, 0.2) is 30.6 Å². The zero-order valence-electron chi connectivity index (χ0n) is 15.9. The summed E-state index contributed by atoms with van der Waals surface area (Å²) < 4.78 is 3.60. The first-order valence-corrected chi connectivity index (χ1v) is 9.27. The first-order chi connectivity index (χ1) is 14.0. The zero-order valence-corrected chi connectivity index (χ0v) is 15.9. The number of nitrogens with one attached hydrogen (secondary N) is 1. The van der Waals surface area contributed by atoms with E-state index in [1.807, 2.05) is 36.1 Å². The van der Waals surface area contributed by atoms with Gasteiger partial charge in [-0.2, -0.15) is 14.8 Å². The Morgan fingerprint density at radius 3 is 2.79 bits per heavy atom. The molecule has 1 aliphatic rings. The van der Waals surface area contributed by atoms with E-state index < -0.39 is 6.09 Å². The molecule has 0 aliphatic heterocycles. The lowest BCUT2D eigenvalue weighted by Crippen LogP contribution is -2.16. The minimum absolute atomic E-state index is 0.466. The Balaban J connectivity index is 0.000000472. The fourth-order valence-electron chi connectivity index (χ4n) is 3.51. The maximum absolute atomic E-state index is 8.78. The lowest BCUT2D eigenvalue weighted by atomic mass is 10.2. The van der Waals surface area contributed by atoms with Gasteiger partial charge in [0.2, 0.25) is 5.95 Å². The van der Waals surface area contributed by atoms with Gasteiger partial charge in [-0.15, -0.1) is 5.10 Å². The molecule has 3 aromatic heterocycles. The van der Waals surface area contributed by atoms with Gasteiger partial charge >= 0.3 is 6.09 Å². The third-order valence-electron chi connectivity index (χ3n) is 4.86. The SMILES string of the molecule is Cn1ncc2cc(-n3nnc4cnc(NC5CCCC5)nc43)ccc21.NC(=O)O. The molecule has 3 heterocycles. The van der Waals surface area contributed by atoms with E-state index in [1.165, 1.54) is 25.7 Å². The molecule has 150 valence electrons. The van der Waals surface area contributed by atoms with Crippen molar-refractivity contribution in [3.63, 3.8) is 0 Å². The number of rotatable bonds is 3. The largest absolute Gasteiger partial charge is 0.465 e. The van der Waals surface area contributed by atoms with Gasteiger partial charge in [0.05, 0.1) is 23.6 Å². The molecule has 0 spiro atoms. The average molecular weight is 395 g/mol. The fourth-order valence-corrected chi connectivity index (χ4v) is 3.51. The summed E-state index contributed by atoms with van der Waals surface area (Å²) in [6.07, 6.45) is 7.13. The molecule has 5 rings (SSSR count). The number of aromatic nitrogens is 7. The molecule has 1 saturated carbocycles. The van der Waals surface area contributed by atoms with Gasteiger partial charge in [-0.25, -0.2) is 9.78 Å². The van der Waals surface area contributed by atoms with E-state index in [0.29, 0.717) is 23.2 Å². The van der Waals surface area contributed by atoms with Gasteiger partial charge in [0.1, 0.15) is 0 Å². The van der Waals surface area contributed by atoms with E-state index in [2.05, 4.69) is 36.4 Å². The van der Waals surface area contributed by atoms with Crippen LogP contribution in [0.2, 0.25) is 0 Å². The molecule has 0 unspecified atom stereocenters. The van der Waals surface area contributed by atoms with E-state index in [-0.39, 0.29) is 0 Å². The lowest BCUT2D eigenvalue weighted by Gasteiger charge is -2.11. The first-order valence-electron chi connectivity index (χ1n) is 9.27. The zero-order chi connectivity index (χ0) is 20.4. The molecule has 29 heavy (non-hydrogen) atoms. The van der Waals surface area contributed by atoms with Crippen LogP contribution in [0.25, 0.3) is 27.8 Å². The van der Waals surface area contributed by atoms with Gasteiger partial charge in [0.15, 0.2) is 11.2 Å². The number of nitrogens with two attached hydrogens (primary N) is 1. The molecule has 0 atom stereocenters. The predicted molar refractivity (Wildman–Crippen MR) is 107 cm³/mol. The molecular formula is C18H21N9O2. The maximum Gasteiger partial charge on any atom is 0.402 e. The summed E-state index contributed by atoms with van der Waals surface area (Å²) in [6, 6.07) is 6.55. The number of carbonyl (C=O) groups is 1. The minimum Gasteiger partial charge on any atom is -0.465 e. The highest BCUT2D eigenvalue weighted by atomic mass is 16.4. The molecule has 1 fully saturated rings. The van der Waals surface area contributed by atoms with E-state index in [9.17, 15) is 0 Å². The van der Waals surface area contributed by atoms with Crippen LogP contribution >= 0.6 is 0 Å². The highest BCUT2D eigenvalue weighted by molar-refractivity contribution is 5.82. The number of anilines is 1. The Kier molecular flexibility index (Phi) is 4.94. The van der Waals surface area contributed by atoms with Gasteiger partial charge in [-0.1, -0.05) is 18.1 Å². The van der Waals surface area contributed by atoms with Gasteiger partial charge in [0.25, 0.3) is 0 Å². The van der Waals surface area contributed by atoms with E-state index >= 15 is 0 Å². The Morgan fingerprint density at radius 2 is 2.03 bits per heavy atom. The number of nitrogens with zero attached hydrogens (tertiary/aromatic N) is 7. The van der Waals surface area contributed by atoms with Gasteiger partial charge in [-0.3, -0.25) is 4.68 Å². The van der Waals surface area contributed by atoms with Crippen LogP contribution in [0.5, 0.6) is 0 Å². The van der Waals surface area contributed by atoms with Crippen molar-refractivity contribution in [2.24, 2.45) is 12.8 Å². The van der Waals surface area contributed by atoms with Gasteiger partial charge in [0, 0.05) is 18.5 Å². The van der Waals surface area contributed by atoms with Crippen LogP contribution in [0.4, 0.5) is 10.7 Å². The van der Waals surface area contributed by atoms with Crippen molar-refractivity contribution in [3.05, 3.63) is 30.6 Å². The van der Waals surface area contributed by atoms with Crippen molar-refractivity contribution >= 4 is 34.1 Å². The third-order valence-corrected chi connectivity index (χ3v) is 4.86. The molecule has 0 radical (unpaired) electrons. The Hall–Kier alpha value is -3.76. The normalized spacial score (nSPS) is 14.1. The second-order valence-corrected chi connectivity index (χ2v) is 6.88. The van der Waals surface area contributed by atoms with Crippen molar-refractivity contribution < 1.29 is 9.90 Å². The monoisotopic (exact) mass is 395 g/mol. The molecule has 4 aromatic rings. The number of hydrogen-bond acceptors (Lipinski definition) is 7. The van der Waals surface area contributed by atoms with E-state index in [4.69, 9.17) is 9.90 Å². The quantitative estimate of drug-likeness (QED) is 0.477. The number of primary amides is 1. The summed E-state index contributed by atoms with van der Waals surface area (Å²) in [5.74, 6) is 0.644. The number of amides is 1. The highest BCUT2D eigenvalue weighted by Crippen LogP contribution is 2.23. The summed E-state index contributed by atoms with van der Waals surface area (Å²) in [5.41, 5.74) is 7.40. The second kappa shape index (κ2) is 7.70. The van der Waals surface area contributed by atoms with Gasteiger partial charge < -0.3 is 16.2 Å². The molecule has 11 heteroatoms. The third kappa shape index (κ3) is 3.93. The lowest BCUT2D eigenvalue weighted by molar-refractivity contribution is 0.205. The second-order valence-electron chi connectivity index (χ2n) is 6.88. The molecule has 11 nitrogen and oxygen atoms in total. The molecule has 1 aliphatic carbocycles. The molecular weight excluding hydrogens is 374 g/mol. The van der Waals surface area contributed by atoms with E-state index in [0.717, 1.165) is 16.6 Å². The molecule has 1 amide bonds. The predicted octanol–water partition coefficient (Wildman–Crippen LogP) is 2.07. The Bertz CT molecular complexity index is 1160.